The van der Waals surface area contributed by atoms with Gasteiger partial charge >= 0.3 is 17.9 Å². The molecule has 2 atom stereocenters. The van der Waals surface area contributed by atoms with E-state index in [0.717, 1.165) is 44.9 Å². The summed E-state index contributed by atoms with van der Waals surface area (Å²) in [5.74, 6) is -1.96. The second-order valence-electron chi connectivity index (χ2n) is 31.2. The SMILES string of the molecule is CCCCCCC/C=C\C/C=C\CCCCCCCCCCCCCCCCCCCCCCCC(=O)OC(COC(=O)CCCCCCCCCCCCCCCCCCCCCCCCCCCCCCCCCCCCCCCCC)COC(OCC[N+](C)(C)C)C(=O)O. The first-order chi connectivity index (χ1) is 47.6. The number of hydrogen-bond donors (Lipinski definition) is 1. The fourth-order valence-electron chi connectivity index (χ4n) is 13.6. The molecule has 0 amide bonds. The summed E-state index contributed by atoms with van der Waals surface area (Å²) in [5.41, 5.74) is 0. The Labute approximate surface area is 605 Å². The summed E-state index contributed by atoms with van der Waals surface area (Å²) < 4.78 is 23.1. The number of nitrogens with zero attached hydrogens (tertiary/aromatic N) is 1. The molecule has 97 heavy (non-hydrogen) atoms. The third-order valence-electron chi connectivity index (χ3n) is 20.2. The van der Waals surface area contributed by atoms with E-state index in [4.69, 9.17) is 18.9 Å². The molecule has 1 N–H and O–H groups in total. The predicted molar refractivity (Wildman–Crippen MR) is 420 cm³/mol. The van der Waals surface area contributed by atoms with E-state index < -0.39 is 18.4 Å². The largest absolute Gasteiger partial charge is 0.477 e. The molecule has 0 rings (SSSR count). The number of esters is 2. The summed E-state index contributed by atoms with van der Waals surface area (Å²) in [5, 5.41) is 9.79. The molecule has 2 unspecified atom stereocenters. The Hall–Kier alpha value is -2.23. The first kappa shape index (κ1) is 94.8. The molecule has 0 saturated carbocycles. The predicted octanol–water partition coefficient (Wildman–Crippen LogP) is 28.1. The van der Waals surface area contributed by atoms with Crippen LogP contribution in [-0.4, -0.2) is 87.4 Å². The number of unbranched alkanes of at least 4 members (excludes halogenated alkanes) is 64. The number of aliphatic carboxylic acids is 1. The third kappa shape index (κ3) is 80.9. The van der Waals surface area contributed by atoms with Crippen LogP contribution in [0.3, 0.4) is 0 Å². The Balaban J connectivity index is 3.90. The molecule has 0 fully saturated rings. The van der Waals surface area contributed by atoms with Crippen molar-refractivity contribution < 1.29 is 42.9 Å². The van der Waals surface area contributed by atoms with Crippen molar-refractivity contribution in [2.24, 2.45) is 0 Å². The van der Waals surface area contributed by atoms with Crippen molar-refractivity contribution in [1.82, 2.24) is 0 Å². The van der Waals surface area contributed by atoms with Crippen molar-refractivity contribution in [3.8, 4) is 0 Å². The van der Waals surface area contributed by atoms with Gasteiger partial charge in [0, 0.05) is 12.8 Å². The third-order valence-corrected chi connectivity index (χ3v) is 20.2. The lowest BCUT2D eigenvalue weighted by molar-refractivity contribution is -0.870. The maximum atomic E-state index is 13.0. The Morgan fingerprint density at radius 2 is 0.557 bits per heavy atom. The molecule has 0 saturated heterocycles. The molecule has 0 aromatic heterocycles. The lowest BCUT2D eigenvalue weighted by atomic mass is 10.0. The minimum absolute atomic E-state index is 0.174. The molecule has 0 heterocycles. The molecule has 0 aromatic carbocycles. The second kappa shape index (κ2) is 79.5. The number of likely N-dealkylation sites (N-methyl/N-ethyl adjacent to an activating group) is 1. The van der Waals surface area contributed by atoms with Crippen LogP contribution in [0.1, 0.15) is 463 Å². The zero-order valence-corrected chi connectivity index (χ0v) is 66.0. The van der Waals surface area contributed by atoms with Crippen molar-refractivity contribution in [3.63, 3.8) is 0 Å². The Kier molecular flexibility index (Phi) is 77.6. The van der Waals surface area contributed by atoms with Gasteiger partial charge in [0.15, 0.2) is 6.10 Å². The first-order valence-electron chi connectivity index (χ1n) is 43.5. The van der Waals surface area contributed by atoms with Gasteiger partial charge in [0.25, 0.3) is 6.29 Å². The highest BCUT2D eigenvalue weighted by atomic mass is 16.7. The lowest BCUT2D eigenvalue weighted by Gasteiger charge is -2.25. The zero-order chi connectivity index (χ0) is 70.4. The highest BCUT2D eigenvalue weighted by Gasteiger charge is 2.25. The second-order valence-corrected chi connectivity index (χ2v) is 31.2. The molecule has 0 spiro atoms. The quantitative estimate of drug-likeness (QED) is 0.0211. The number of carboxylic acids is 1. The summed E-state index contributed by atoms with van der Waals surface area (Å²) in [4.78, 5) is 37.8. The maximum Gasteiger partial charge on any atom is 0.361 e. The van der Waals surface area contributed by atoms with Crippen LogP contribution in [0, 0.1) is 0 Å². The van der Waals surface area contributed by atoms with Crippen molar-refractivity contribution in [2.75, 3.05) is 47.5 Å². The van der Waals surface area contributed by atoms with Crippen LogP contribution in [0.15, 0.2) is 24.3 Å². The topological polar surface area (TPSA) is 108 Å². The number of hydrogen-bond acceptors (Lipinski definition) is 7. The van der Waals surface area contributed by atoms with E-state index in [-0.39, 0.29) is 38.2 Å². The van der Waals surface area contributed by atoms with E-state index in [1.54, 1.807) is 0 Å². The molecular weight excluding hydrogens is 1200 g/mol. The van der Waals surface area contributed by atoms with Gasteiger partial charge in [-0.2, -0.15) is 0 Å². The molecule has 574 valence electrons. The number of rotatable bonds is 83. The van der Waals surface area contributed by atoms with E-state index in [0.29, 0.717) is 17.4 Å². The Morgan fingerprint density at radius 1 is 0.309 bits per heavy atom. The van der Waals surface area contributed by atoms with Crippen molar-refractivity contribution in [2.45, 2.75) is 476 Å². The molecule has 9 heteroatoms. The number of carbonyl (C=O) groups is 3. The highest BCUT2D eigenvalue weighted by Crippen LogP contribution is 2.21. The van der Waals surface area contributed by atoms with Gasteiger partial charge in [-0.05, 0) is 44.9 Å². The van der Waals surface area contributed by atoms with Crippen LogP contribution in [0.4, 0.5) is 0 Å². The fourth-order valence-corrected chi connectivity index (χ4v) is 13.6. The molecule has 9 nitrogen and oxygen atoms in total. The van der Waals surface area contributed by atoms with Gasteiger partial charge in [-0.25, -0.2) is 4.79 Å². The van der Waals surface area contributed by atoms with E-state index in [1.807, 2.05) is 21.1 Å². The molecular formula is C88H170NO8+. The van der Waals surface area contributed by atoms with E-state index in [9.17, 15) is 19.5 Å². The number of quaternary nitrogens is 1. The van der Waals surface area contributed by atoms with Crippen LogP contribution in [0.2, 0.25) is 0 Å². The molecule has 0 aliphatic rings. The van der Waals surface area contributed by atoms with E-state index in [2.05, 4.69) is 38.2 Å². The molecule has 0 aliphatic carbocycles. The monoisotopic (exact) mass is 1370 g/mol. The summed E-state index contributed by atoms with van der Waals surface area (Å²) in [6, 6.07) is 0. The molecule has 0 bridgehead atoms. The number of allylic oxidation sites excluding steroid dienone is 4. The number of carbonyl (C=O) groups excluding carboxylic acids is 2. The van der Waals surface area contributed by atoms with Gasteiger partial charge in [0.05, 0.1) is 34.4 Å². The minimum atomic E-state index is -1.51. The average Bonchev–Trinajstić information content (AvgIpc) is 2.59. The normalized spacial score (nSPS) is 12.6. The number of ether oxygens (including phenoxy) is 4. The van der Waals surface area contributed by atoms with E-state index in [1.165, 1.54) is 392 Å². The van der Waals surface area contributed by atoms with Crippen LogP contribution in [0.5, 0.6) is 0 Å². The average molecular weight is 1370 g/mol. The van der Waals surface area contributed by atoms with Crippen LogP contribution in [0.25, 0.3) is 0 Å². The minimum Gasteiger partial charge on any atom is -0.477 e. The molecule has 0 aliphatic heterocycles. The Morgan fingerprint density at radius 3 is 0.814 bits per heavy atom. The summed E-state index contributed by atoms with van der Waals surface area (Å²) in [6.07, 6.45) is 99.5. The smallest absolute Gasteiger partial charge is 0.361 e. The zero-order valence-electron chi connectivity index (χ0n) is 66.0. The van der Waals surface area contributed by atoms with Gasteiger partial charge in [0.1, 0.15) is 13.2 Å². The van der Waals surface area contributed by atoms with Gasteiger partial charge in [0.2, 0.25) is 0 Å². The number of carboxylic acid groups (broad SMARTS) is 1. The van der Waals surface area contributed by atoms with Crippen molar-refractivity contribution >= 4 is 17.9 Å². The van der Waals surface area contributed by atoms with Gasteiger partial charge in [-0.3, -0.25) is 9.59 Å². The summed E-state index contributed by atoms with van der Waals surface area (Å²) in [6.45, 7) is 4.96. The molecule has 0 radical (unpaired) electrons. The van der Waals surface area contributed by atoms with Crippen LogP contribution >= 0.6 is 0 Å². The molecule has 0 aromatic rings. The van der Waals surface area contributed by atoms with Gasteiger partial charge in [-0.1, -0.05) is 430 Å². The van der Waals surface area contributed by atoms with Crippen LogP contribution < -0.4 is 0 Å². The fraction of sp³-hybridized carbons (Fsp3) is 0.920. The van der Waals surface area contributed by atoms with Gasteiger partial charge in [-0.15, -0.1) is 0 Å². The van der Waals surface area contributed by atoms with E-state index >= 15 is 0 Å². The summed E-state index contributed by atoms with van der Waals surface area (Å²) in [7, 11) is 6.01. The van der Waals surface area contributed by atoms with Crippen molar-refractivity contribution in [1.29, 1.82) is 0 Å². The lowest BCUT2D eigenvalue weighted by Crippen LogP contribution is -2.40. The van der Waals surface area contributed by atoms with Gasteiger partial charge < -0.3 is 28.5 Å². The van der Waals surface area contributed by atoms with Crippen LogP contribution in [-0.2, 0) is 33.3 Å². The Bertz CT molecular complexity index is 1640. The highest BCUT2D eigenvalue weighted by molar-refractivity contribution is 5.71. The standard InChI is InChI=1S/C88H169NO8/c1-6-8-10-12-14-16-18-20-22-24-26-28-30-32-34-36-38-40-41-42-43-44-45-47-48-50-52-54-56-58-60-62-64-66-68-70-72-74-76-78-85(90)95-82-84(83-96-88(87(92)93)94-81-80-89(3,4)5)97-86(91)79-77-75-73-71-69-67-65-63-61-59-57-55-53-51-49-46-39-37-35-33-31-29-27-25-23-21-19-17-15-13-11-9-7-2/h19,21,25,27,84,88H,6-18,20,22-24,26,28-83H2,1-5H3/p+1/b21-19-,27-25-. The van der Waals surface area contributed by atoms with Crippen molar-refractivity contribution in [3.05, 3.63) is 24.3 Å². The maximum absolute atomic E-state index is 13.0. The first-order valence-corrected chi connectivity index (χ1v) is 43.5. The summed E-state index contributed by atoms with van der Waals surface area (Å²) >= 11 is 0.